The summed E-state index contributed by atoms with van der Waals surface area (Å²) in [6.07, 6.45) is 8.24. The van der Waals surface area contributed by atoms with Gasteiger partial charge in [0.05, 0.1) is 6.61 Å². The third-order valence-electron chi connectivity index (χ3n) is 3.91. The first-order valence-electron chi connectivity index (χ1n) is 6.60. The lowest BCUT2D eigenvalue weighted by Crippen LogP contribution is -2.25. The van der Waals surface area contributed by atoms with Crippen molar-refractivity contribution in [2.24, 2.45) is 5.41 Å². The molecule has 2 aliphatic rings. The van der Waals surface area contributed by atoms with Crippen LogP contribution >= 0.6 is 0 Å². The Bertz CT molecular complexity index is 356. The van der Waals surface area contributed by atoms with Crippen molar-refractivity contribution in [1.29, 1.82) is 0 Å². The van der Waals surface area contributed by atoms with Gasteiger partial charge in [0.25, 0.3) is 0 Å². The number of ether oxygens (including phenoxy) is 1. The lowest BCUT2D eigenvalue weighted by molar-refractivity contribution is -0.138. The molecule has 94 valence electrons. The number of rotatable bonds is 2. The van der Waals surface area contributed by atoms with Crippen molar-refractivity contribution >= 4 is 11.8 Å². The van der Waals surface area contributed by atoms with Gasteiger partial charge in [0.1, 0.15) is 5.78 Å². The quantitative estimate of drug-likeness (QED) is 0.692. The van der Waals surface area contributed by atoms with Gasteiger partial charge in [0.15, 0.2) is 0 Å². The molecular weight excluding hydrogens is 216 g/mol. The van der Waals surface area contributed by atoms with Crippen molar-refractivity contribution in [3.8, 4) is 0 Å². The Labute approximate surface area is 102 Å². The van der Waals surface area contributed by atoms with Crippen molar-refractivity contribution in [2.75, 3.05) is 6.61 Å². The molecule has 1 spiro atoms. The number of hydrogen-bond donors (Lipinski definition) is 0. The molecule has 2 rings (SSSR count). The fourth-order valence-electron chi connectivity index (χ4n) is 2.93. The lowest BCUT2D eigenvalue weighted by atomic mass is 9.79. The first kappa shape index (κ1) is 12.3. The molecule has 0 N–H and O–H groups in total. The highest BCUT2D eigenvalue weighted by Crippen LogP contribution is 2.44. The van der Waals surface area contributed by atoms with Crippen LogP contribution in [-0.2, 0) is 14.3 Å². The summed E-state index contributed by atoms with van der Waals surface area (Å²) in [5.41, 5.74) is 0.376. The monoisotopic (exact) mass is 236 g/mol. The zero-order valence-corrected chi connectivity index (χ0v) is 10.5. The van der Waals surface area contributed by atoms with Gasteiger partial charge in [0, 0.05) is 17.4 Å². The summed E-state index contributed by atoms with van der Waals surface area (Å²) in [5, 5.41) is 0. The fourth-order valence-corrected chi connectivity index (χ4v) is 2.93. The van der Waals surface area contributed by atoms with E-state index in [0.29, 0.717) is 30.8 Å². The smallest absolute Gasteiger partial charge is 0.333 e. The number of esters is 1. The zero-order chi connectivity index (χ0) is 12.3. The Hall–Kier alpha value is -1.12. The van der Waals surface area contributed by atoms with Gasteiger partial charge in [-0.1, -0.05) is 18.9 Å². The molecule has 1 unspecified atom stereocenters. The average Bonchev–Trinajstić information content (AvgIpc) is 2.66. The molecule has 1 fully saturated rings. The molecular formula is C14H20O3. The number of carbonyl (C=O) groups is 2. The third-order valence-corrected chi connectivity index (χ3v) is 3.91. The van der Waals surface area contributed by atoms with Crippen LogP contribution in [0.2, 0.25) is 0 Å². The van der Waals surface area contributed by atoms with E-state index >= 15 is 0 Å². The third kappa shape index (κ3) is 2.43. The maximum absolute atomic E-state index is 12.2. The van der Waals surface area contributed by atoms with E-state index in [-0.39, 0.29) is 11.4 Å². The highest BCUT2D eigenvalue weighted by molar-refractivity contribution is 5.94. The largest absolute Gasteiger partial charge is 0.463 e. The van der Waals surface area contributed by atoms with Crippen LogP contribution in [0.25, 0.3) is 0 Å². The Kier molecular flexibility index (Phi) is 3.65. The van der Waals surface area contributed by atoms with Crippen LogP contribution in [0, 0.1) is 5.41 Å². The van der Waals surface area contributed by atoms with Gasteiger partial charge in [-0.25, -0.2) is 4.79 Å². The summed E-state index contributed by atoms with van der Waals surface area (Å²) in [5.74, 6) is 0.0933. The minimum Gasteiger partial charge on any atom is -0.463 e. The minimum absolute atomic E-state index is 0.235. The van der Waals surface area contributed by atoms with Crippen molar-refractivity contribution < 1.29 is 14.3 Å². The predicted molar refractivity (Wildman–Crippen MR) is 64.5 cm³/mol. The number of ketones is 1. The SMILES string of the molecule is CCOC(=O)C1=CC2(CCCCCC2=O)CC1. The van der Waals surface area contributed by atoms with Gasteiger partial charge in [-0.05, 0) is 32.6 Å². The predicted octanol–water partition coefficient (Wildman–Crippen LogP) is 2.79. The van der Waals surface area contributed by atoms with Crippen LogP contribution in [0.15, 0.2) is 11.6 Å². The van der Waals surface area contributed by atoms with Crippen molar-refractivity contribution in [2.45, 2.75) is 51.9 Å². The fraction of sp³-hybridized carbons (Fsp3) is 0.714. The molecule has 1 saturated carbocycles. The Morgan fingerprint density at radius 3 is 2.88 bits per heavy atom. The molecule has 0 heterocycles. The molecule has 0 radical (unpaired) electrons. The molecule has 1 atom stereocenters. The lowest BCUT2D eigenvalue weighted by Gasteiger charge is -2.23. The summed E-state index contributed by atoms with van der Waals surface area (Å²) in [6.45, 7) is 2.21. The van der Waals surface area contributed by atoms with E-state index in [2.05, 4.69) is 0 Å². The normalized spacial score (nSPS) is 29.0. The summed E-state index contributed by atoms with van der Waals surface area (Å²) in [4.78, 5) is 23.8. The molecule has 0 aromatic rings. The van der Waals surface area contributed by atoms with Crippen LogP contribution < -0.4 is 0 Å². The second kappa shape index (κ2) is 5.03. The highest BCUT2D eigenvalue weighted by atomic mass is 16.5. The van der Waals surface area contributed by atoms with E-state index in [1.165, 1.54) is 0 Å². The molecule has 3 nitrogen and oxygen atoms in total. The van der Waals surface area contributed by atoms with Crippen LogP contribution in [0.4, 0.5) is 0 Å². The summed E-state index contributed by atoms with van der Waals surface area (Å²) < 4.78 is 5.01. The van der Waals surface area contributed by atoms with Crippen molar-refractivity contribution in [3.05, 3.63) is 11.6 Å². The summed E-state index contributed by atoms with van der Waals surface area (Å²) >= 11 is 0. The van der Waals surface area contributed by atoms with Gasteiger partial charge in [-0.3, -0.25) is 4.79 Å². The summed E-state index contributed by atoms with van der Waals surface area (Å²) in [7, 11) is 0. The van der Waals surface area contributed by atoms with Crippen LogP contribution in [0.3, 0.4) is 0 Å². The number of Topliss-reactive ketones (excluding diaryl/α,β-unsaturated/α-hetero) is 1. The minimum atomic E-state index is -0.335. The zero-order valence-electron chi connectivity index (χ0n) is 10.5. The first-order chi connectivity index (χ1) is 8.18. The van der Waals surface area contributed by atoms with Gasteiger partial charge >= 0.3 is 5.97 Å². The maximum atomic E-state index is 12.2. The van der Waals surface area contributed by atoms with Crippen LogP contribution in [0.1, 0.15) is 51.9 Å². The topological polar surface area (TPSA) is 43.4 Å². The van der Waals surface area contributed by atoms with E-state index in [4.69, 9.17) is 4.74 Å². The van der Waals surface area contributed by atoms with Crippen LogP contribution in [-0.4, -0.2) is 18.4 Å². The first-order valence-corrected chi connectivity index (χ1v) is 6.60. The second-order valence-corrected chi connectivity index (χ2v) is 5.03. The van der Waals surface area contributed by atoms with Crippen LogP contribution in [0.5, 0.6) is 0 Å². The van der Waals surface area contributed by atoms with Gasteiger partial charge in [-0.15, -0.1) is 0 Å². The van der Waals surface area contributed by atoms with Crippen molar-refractivity contribution in [3.63, 3.8) is 0 Å². The Balaban J connectivity index is 2.16. The molecule has 0 aliphatic heterocycles. The Morgan fingerprint density at radius 2 is 2.12 bits per heavy atom. The molecule has 0 bridgehead atoms. The molecule has 0 aromatic carbocycles. The molecule has 3 heteroatoms. The van der Waals surface area contributed by atoms with E-state index in [9.17, 15) is 9.59 Å². The average molecular weight is 236 g/mol. The second-order valence-electron chi connectivity index (χ2n) is 5.03. The molecule has 17 heavy (non-hydrogen) atoms. The van der Waals surface area contributed by atoms with Gasteiger partial charge < -0.3 is 4.74 Å². The van der Waals surface area contributed by atoms with E-state index < -0.39 is 0 Å². The van der Waals surface area contributed by atoms with E-state index in [1.807, 2.05) is 6.08 Å². The molecule has 2 aliphatic carbocycles. The number of allylic oxidation sites excluding steroid dienone is 1. The number of hydrogen-bond acceptors (Lipinski definition) is 3. The molecule has 0 amide bonds. The van der Waals surface area contributed by atoms with E-state index in [0.717, 1.165) is 32.1 Å². The number of carbonyl (C=O) groups excluding carboxylic acids is 2. The highest BCUT2D eigenvalue weighted by Gasteiger charge is 2.41. The molecule has 0 saturated heterocycles. The standard InChI is InChI=1S/C14H20O3/c1-2-17-13(16)11-7-9-14(10-11)8-5-3-4-6-12(14)15/h10H,2-9H2,1H3. The summed E-state index contributed by atoms with van der Waals surface area (Å²) in [6, 6.07) is 0. The van der Waals surface area contributed by atoms with Gasteiger partial charge in [-0.2, -0.15) is 0 Å². The van der Waals surface area contributed by atoms with Gasteiger partial charge in [0.2, 0.25) is 0 Å². The van der Waals surface area contributed by atoms with Crippen molar-refractivity contribution in [1.82, 2.24) is 0 Å². The molecule has 0 aromatic heterocycles. The Morgan fingerprint density at radius 1 is 1.29 bits per heavy atom. The maximum Gasteiger partial charge on any atom is 0.333 e. The van der Waals surface area contributed by atoms with E-state index in [1.54, 1.807) is 6.92 Å².